The van der Waals surface area contributed by atoms with Crippen molar-refractivity contribution in [3.8, 4) is 0 Å². The third-order valence-electron chi connectivity index (χ3n) is 8.04. The normalized spacial score (nSPS) is 57.8. The maximum Gasteiger partial charge on any atom is 0.227 e. The molecule has 0 radical (unpaired) electrons. The molecule has 0 spiro atoms. The van der Waals surface area contributed by atoms with Crippen molar-refractivity contribution in [2.45, 2.75) is 75.7 Å². The van der Waals surface area contributed by atoms with Crippen molar-refractivity contribution in [1.29, 1.82) is 0 Å². The lowest BCUT2D eigenvalue weighted by Gasteiger charge is -2.68. The highest BCUT2D eigenvalue weighted by Gasteiger charge is 2.87. The Morgan fingerprint density at radius 1 is 1.15 bits per heavy atom. The summed E-state index contributed by atoms with van der Waals surface area (Å²) in [5, 5.41) is 57.3. The van der Waals surface area contributed by atoms with Gasteiger partial charge in [0.2, 0.25) is 5.79 Å². The van der Waals surface area contributed by atoms with Crippen LogP contribution in [0.25, 0.3) is 0 Å². The number of aliphatic hydroxyl groups excluding tert-OH is 2. The number of aliphatic hydroxyl groups is 5. The van der Waals surface area contributed by atoms with E-state index >= 15 is 0 Å². The lowest BCUT2D eigenvalue weighted by atomic mass is 9.39. The third-order valence-corrected chi connectivity index (χ3v) is 8.04. The van der Waals surface area contributed by atoms with Crippen LogP contribution in [0, 0.1) is 16.2 Å². The van der Waals surface area contributed by atoms with Crippen molar-refractivity contribution in [1.82, 2.24) is 0 Å². The van der Waals surface area contributed by atoms with E-state index in [0.29, 0.717) is 19.3 Å². The Hall–Kier alpha value is -0.760. The maximum absolute atomic E-state index is 11.9. The second-order valence-electron chi connectivity index (χ2n) is 9.71. The molecule has 3 aliphatic carbocycles. The standard InChI is InChI=1S/C20H30O6/c1-5-16(4)9-12-14(22)19(24)20(25)15(2,3)7-6-8-17(20,11-26-19)18(12,23)13(21)10-16/h5,9,13-14,21-25H,1,6-8,10-11H2,2-4H3/t13-,14?,16-,17+,18+,19-,20-/m1/s1. The largest absolute Gasteiger partial charge is 0.390 e. The first-order chi connectivity index (χ1) is 11.9. The number of rotatable bonds is 1. The van der Waals surface area contributed by atoms with Crippen LogP contribution in [0.4, 0.5) is 0 Å². The van der Waals surface area contributed by atoms with Crippen LogP contribution in [-0.4, -0.2) is 61.3 Å². The molecule has 0 aromatic rings. The van der Waals surface area contributed by atoms with E-state index in [1.54, 1.807) is 12.2 Å². The zero-order valence-electron chi connectivity index (χ0n) is 15.7. The molecule has 0 aromatic carbocycles. The monoisotopic (exact) mass is 366 g/mol. The summed E-state index contributed by atoms with van der Waals surface area (Å²) >= 11 is 0. The lowest BCUT2D eigenvalue weighted by molar-refractivity contribution is -0.372. The van der Waals surface area contributed by atoms with Crippen LogP contribution in [0.5, 0.6) is 0 Å². The number of ether oxygens (including phenoxy) is 1. The van der Waals surface area contributed by atoms with Crippen LogP contribution in [0.1, 0.15) is 46.5 Å². The first kappa shape index (κ1) is 18.6. The molecule has 1 unspecified atom stereocenters. The fourth-order valence-corrected chi connectivity index (χ4v) is 6.55. The minimum atomic E-state index is -2.24. The van der Waals surface area contributed by atoms with E-state index in [4.69, 9.17) is 4.74 Å². The van der Waals surface area contributed by atoms with Crippen LogP contribution in [0.3, 0.4) is 0 Å². The van der Waals surface area contributed by atoms with Crippen molar-refractivity contribution in [2.24, 2.45) is 16.2 Å². The van der Waals surface area contributed by atoms with E-state index in [1.165, 1.54) is 0 Å². The highest BCUT2D eigenvalue weighted by Crippen LogP contribution is 2.73. The smallest absolute Gasteiger partial charge is 0.227 e. The summed E-state index contributed by atoms with van der Waals surface area (Å²) in [7, 11) is 0. The van der Waals surface area contributed by atoms with Gasteiger partial charge in [0, 0.05) is 5.41 Å². The van der Waals surface area contributed by atoms with Gasteiger partial charge in [0.15, 0.2) is 0 Å². The van der Waals surface area contributed by atoms with Crippen molar-refractivity contribution in [3.05, 3.63) is 24.3 Å². The number of hydrogen-bond acceptors (Lipinski definition) is 6. The Morgan fingerprint density at radius 3 is 2.42 bits per heavy atom. The summed E-state index contributed by atoms with van der Waals surface area (Å²) in [6.07, 6.45) is 2.38. The molecule has 6 nitrogen and oxygen atoms in total. The summed E-state index contributed by atoms with van der Waals surface area (Å²) in [6, 6.07) is 0. The van der Waals surface area contributed by atoms with Gasteiger partial charge in [0.25, 0.3) is 0 Å². The molecule has 1 saturated heterocycles. The molecule has 6 heteroatoms. The predicted octanol–water partition coefficient (Wildman–Crippen LogP) is 0.622. The first-order valence-corrected chi connectivity index (χ1v) is 9.39. The fourth-order valence-electron chi connectivity index (χ4n) is 6.55. The Kier molecular flexibility index (Phi) is 3.43. The van der Waals surface area contributed by atoms with Crippen LogP contribution < -0.4 is 0 Å². The lowest BCUT2D eigenvalue weighted by Crippen LogP contribution is -2.83. The van der Waals surface area contributed by atoms with Crippen LogP contribution in [-0.2, 0) is 4.74 Å². The van der Waals surface area contributed by atoms with Crippen molar-refractivity contribution < 1.29 is 30.3 Å². The Morgan fingerprint density at radius 2 is 1.81 bits per heavy atom. The number of hydrogen-bond donors (Lipinski definition) is 5. The molecule has 0 amide bonds. The van der Waals surface area contributed by atoms with Gasteiger partial charge in [-0.1, -0.05) is 39.3 Å². The van der Waals surface area contributed by atoms with Crippen LogP contribution >= 0.6 is 0 Å². The Bertz CT molecular complexity index is 702. The maximum atomic E-state index is 11.9. The van der Waals surface area contributed by atoms with Gasteiger partial charge >= 0.3 is 0 Å². The highest BCUT2D eigenvalue weighted by atomic mass is 16.7. The Balaban J connectivity index is 2.06. The summed E-state index contributed by atoms with van der Waals surface area (Å²) in [5.74, 6) is -2.24. The van der Waals surface area contributed by atoms with E-state index in [-0.39, 0.29) is 18.6 Å². The molecule has 2 saturated carbocycles. The zero-order valence-corrected chi connectivity index (χ0v) is 15.7. The average molecular weight is 366 g/mol. The fraction of sp³-hybridized carbons (Fsp3) is 0.800. The van der Waals surface area contributed by atoms with Gasteiger partial charge in [-0.15, -0.1) is 6.58 Å². The van der Waals surface area contributed by atoms with Gasteiger partial charge in [0.1, 0.15) is 17.3 Å². The SMILES string of the molecule is C=C[C@]1(C)C=C2C(O)[C@@]3(O)OC[C@@]4(CCCC(C)(C)[C@@]43O)[C@@]2(O)[C@H](O)C1. The molecule has 3 fully saturated rings. The van der Waals surface area contributed by atoms with E-state index in [0.717, 1.165) is 0 Å². The summed E-state index contributed by atoms with van der Waals surface area (Å²) in [5.41, 5.74) is -6.43. The molecular formula is C20H30O6. The molecule has 5 N–H and O–H groups in total. The zero-order chi connectivity index (χ0) is 19.4. The molecule has 4 aliphatic rings. The van der Waals surface area contributed by atoms with Crippen molar-refractivity contribution in [3.63, 3.8) is 0 Å². The topological polar surface area (TPSA) is 110 Å². The minimum Gasteiger partial charge on any atom is -0.390 e. The first-order valence-electron chi connectivity index (χ1n) is 9.39. The molecule has 7 atom stereocenters. The van der Waals surface area contributed by atoms with E-state index in [2.05, 4.69) is 6.58 Å². The highest BCUT2D eigenvalue weighted by molar-refractivity contribution is 5.47. The van der Waals surface area contributed by atoms with Gasteiger partial charge in [-0.05, 0) is 30.3 Å². The molecule has 26 heavy (non-hydrogen) atoms. The van der Waals surface area contributed by atoms with Gasteiger partial charge < -0.3 is 30.3 Å². The second-order valence-corrected chi connectivity index (χ2v) is 9.71. The van der Waals surface area contributed by atoms with E-state index in [1.807, 2.05) is 20.8 Å². The number of allylic oxidation sites excluding steroid dienone is 2. The predicted molar refractivity (Wildman–Crippen MR) is 93.9 cm³/mol. The summed E-state index contributed by atoms with van der Waals surface area (Å²) < 4.78 is 5.68. The van der Waals surface area contributed by atoms with Gasteiger partial charge in [-0.2, -0.15) is 0 Å². The minimum absolute atomic E-state index is 0.126. The molecule has 4 rings (SSSR count). The number of fused-ring (bicyclic) bond motifs is 1. The van der Waals surface area contributed by atoms with Crippen LogP contribution in [0.2, 0.25) is 0 Å². The van der Waals surface area contributed by atoms with Gasteiger partial charge in [0.05, 0.1) is 18.1 Å². The third kappa shape index (κ3) is 1.58. The van der Waals surface area contributed by atoms with Crippen molar-refractivity contribution >= 4 is 0 Å². The molecule has 1 heterocycles. The van der Waals surface area contributed by atoms with Crippen LogP contribution in [0.15, 0.2) is 24.3 Å². The van der Waals surface area contributed by atoms with Crippen molar-refractivity contribution in [2.75, 3.05) is 6.61 Å². The second kappa shape index (κ2) is 4.80. The van der Waals surface area contributed by atoms with E-state index < -0.39 is 45.4 Å². The van der Waals surface area contributed by atoms with Gasteiger partial charge in [-0.3, -0.25) is 0 Å². The molecule has 2 bridgehead atoms. The van der Waals surface area contributed by atoms with E-state index in [9.17, 15) is 25.5 Å². The molecule has 1 aliphatic heterocycles. The summed E-state index contributed by atoms with van der Waals surface area (Å²) in [4.78, 5) is 0. The Labute approximate surface area is 153 Å². The average Bonchev–Trinajstić information content (AvgIpc) is 2.79. The van der Waals surface area contributed by atoms with Gasteiger partial charge in [-0.25, -0.2) is 0 Å². The quantitative estimate of drug-likeness (QED) is 0.435. The molecule has 0 aromatic heterocycles. The molecule has 146 valence electrons. The molecular weight excluding hydrogens is 336 g/mol. The summed E-state index contributed by atoms with van der Waals surface area (Å²) in [6.45, 7) is 9.15.